The van der Waals surface area contributed by atoms with Gasteiger partial charge in [-0.05, 0) is 23.6 Å². The molecule has 3 heterocycles. The second-order valence-electron chi connectivity index (χ2n) is 9.45. The molecule has 34 heavy (non-hydrogen) atoms. The van der Waals surface area contributed by atoms with E-state index in [4.69, 9.17) is 9.72 Å². The molecule has 3 N–H and O–H groups in total. The summed E-state index contributed by atoms with van der Waals surface area (Å²) in [7, 11) is 0. The summed E-state index contributed by atoms with van der Waals surface area (Å²) in [6.45, 7) is 9.83. The number of pyridine rings is 1. The number of quaternary nitrogens is 1. The van der Waals surface area contributed by atoms with Crippen molar-refractivity contribution in [2.75, 3.05) is 39.4 Å². The van der Waals surface area contributed by atoms with Gasteiger partial charge in [0.15, 0.2) is 0 Å². The molecule has 1 amide bonds. The molecule has 1 aliphatic rings. The number of nitrogens with one attached hydrogen (secondary N) is 3. The molecule has 0 atom stereocenters. The van der Waals surface area contributed by atoms with Crippen molar-refractivity contribution in [1.82, 2.24) is 15.3 Å². The molecule has 0 spiro atoms. The number of aromatic nitrogens is 2. The van der Waals surface area contributed by atoms with Crippen LogP contribution in [0.1, 0.15) is 42.2 Å². The third kappa shape index (κ3) is 4.69. The molecule has 0 aliphatic carbocycles. The molecule has 0 unspecified atom stereocenters. The lowest BCUT2D eigenvalue weighted by Crippen LogP contribution is -3.14. The topological polar surface area (TPSA) is 71.4 Å². The zero-order valence-electron chi connectivity index (χ0n) is 20.0. The lowest BCUT2D eigenvalue weighted by molar-refractivity contribution is -0.908. The van der Waals surface area contributed by atoms with Crippen LogP contribution in [0.4, 0.5) is 0 Å². The molecule has 0 bridgehead atoms. The maximum Gasteiger partial charge on any atom is 0.269 e. The largest absolute Gasteiger partial charge is 0.370 e. The van der Waals surface area contributed by atoms with Crippen LogP contribution in [0.2, 0.25) is 0 Å². The van der Waals surface area contributed by atoms with E-state index in [9.17, 15) is 4.79 Å². The van der Waals surface area contributed by atoms with Gasteiger partial charge in [-0.25, -0.2) is 4.98 Å². The first-order valence-electron chi connectivity index (χ1n) is 12.3. The lowest BCUT2D eigenvalue weighted by atomic mass is 10.00. The van der Waals surface area contributed by atoms with Gasteiger partial charge in [-0.1, -0.05) is 56.3 Å². The van der Waals surface area contributed by atoms with E-state index in [1.54, 1.807) is 4.90 Å². The van der Waals surface area contributed by atoms with Gasteiger partial charge in [-0.2, -0.15) is 0 Å². The van der Waals surface area contributed by atoms with Crippen molar-refractivity contribution in [3.63, 3.8) is 0 Å². The number of carbonyl (C=O) groups excluding carboxylic acids is 1. The van der Waals surface area contributed by atoms with Gasteiger partial charge in [0, 0.05) is 34.8 Å². The van der Waals surface area contributed by atoms with Crippen molar-refractivity contribution in [1.29, 1.82) is 0 Å². The quantitative estimate of drug-likeness (QED) is 0.372. The fourth-order valence-corrected chi connectivity index (χ4v) is 4.74. The van der Waals surface area contributed by atoms with Gasteiger partial charge in [0.25, 0.3) is 5.91 Å². The zero-order valence-corrected chi connectivity index (χ0v) is 20.0. The molecule has 2 aromatic carbocycles. The number of hydrogen-bond acceptors (Lipinski definition) is 3. The summed E-state index contributed by atoms with van der Waals surface area (Å²) in [6, 6.07) is 18.6. The van der Waals surface area contributed by atoms with E-state index in [2.05, 4.69) is 60.5 Å². The van der Waals surface area contributed by atoms with Gasteiger partial charge in [0.2, 0.25) is 0 Å². The summed E-state index contributed by atoms with van der Waals surface area (Å²) in [5, 5.41) is 5.22. The molecule has 2 aromatic heterocycles. The highest BCUT2D eigenvalue weighted by Crippen LogP contribution is 2.33. The number of amides is 1. The Morgan fingerprint density at radius 2 is 1.85 bits per heavy atom. The summed E-state index contributed by atoms with van der Waals surface area (Å²) in [5.41, 5.74) is 5.57. The van der Waals surface area contributed by atoms with E-state index in [0.29, 0.717) is 18.2 Å². The maximum absolute atomic E-state index is 13.1. The molecule has 6 heteroatoms. The second-order valence-corrected chi connectivity index (χ2v) is 9.45. The van der Waals surface area contributed by atoms with Crippen molar-refractivity contribution in [3.8, 4) is 11.3 Å². The van der Waals surface area contributed by atoms with Crippen LogP contribution >= 0.6 is 0 Å². The number of rotatable bonds is 7. The minimum Gasteiger partial charge on any atom is -0.370 e. The number of benzene rings is 2. The standard InChI is InChI=1S/C28H32N4O2/c1-19(2)20-8-10-21(11-9-20)26-27-23(22-6-3-4-7-24(22)30-27)18-25(31-26)28(33)29-12-5-13-32-14-16-34-17-15-32/h3-4,6-11,18-19,30H,5,12-17H2,1-2H3,(H,29,33)/p+1. The lowest BCUT2D eigenvalue weighted by Gasteiger charge is -2.23. The van der Waals surface area contributed by atoms with Crippen molar-refractivity contribution >= 4 is 27.7 Å². The van der Waals surface area contributed by atoms with E-state index < -0.39 is 0 Å². The monoisotopic (exact) mass is 457 g/mol. The Balaban J connectivity index is 1.43. The predicted octanol–water partition coefficient (Wildman–Crippen LogP) is 3.54. The zero-order chi connectivity index (χ0) is 23.5. The van der Waals surface area contributed by atoms with E-state index in [0.717, 1.165) is 72.3 Å². The fraction of sp³-hybridized carbons (Fsp3) is 0.357. The Labute approximate surface area is 200 Å². The third-order valence-electron chi connectivity index (χ3n) is 6.77. The van der Waals surface area contributed by atoms with Gasteiger partial charge < -0.3 is 19.9 Å². The Morgan fingerprint density at radius 3 is 2.62 bits per heavy atom. The smallest absolute Gasteiger partial charge is 0.269 e. The molecule has 0 radical (unpaired) electrons. The first kappa shape index (κ1) is 22.6. The third-order valence-corrected chi connectivity index (χ3v) is 6.77. The summed E-state index contributed by atoms with van der Waals surface area (Å²) in [4.78, 5) is 23.0. The van der Waals surface area contributed by atoms with E-state index in [1.165, 1.54) is 5.56 Å². The predicted molar refractivity (Wildman–Crippen MR) is 136 cm³/mol. The van der Waals surface area contributed by atoms with Crippen molar-refractivity contribution in [2.24, 2.45) is 0 Å². The maximum atomic E-state index is 13.1. The number of hydrogen-bond donors (Lipinski definition) is 3. The highest BCUT2D eigenvalue weighted by molar-refractivity contribution is 6.13. The number of carbonyl (C=O) groups is 1. The van der Waals surface area contributed by atoms with Crippen LogP contribution in [0.15, 0.2) is 54.6 Å². The molecule has 1 fully saturated rings. The molecule has 1 aliphatic heterocycles. The number of aromatic amines is 1. The van der Waals surface area contributed by atoms with Crippen molar-refractivity contribution < 1.29 is 14.4 Å². The van der Waals surface area contributed by atoms with Crippen LogP contribution in [0.3, 0.4) is 0 Å². The highest BCUT2D eigenvalue weighted by Gasteiger charge is 2.18. The van der Waals surface area contributed by atoms with Gasteiger partial charge in [-0.15, -0.1) is 0 Å². The highest BCUT2D eigenvalue weighted by atomic mass is 16.5. The van der Waals surface area contributed by atoms with Gasteiger partial charge in [-0.3, -0.25) is 4.79 Å². The Kier molecular flexibility index (Phi) is 6.61. The summed E-state index contributed by atoms with van der Waals surface area (Å²) in [5.74, 6) is 0.343. The van der Waals surface area contributed by atoms with Crippen LogP contribution in [0.5, 0.6) is 0 Å². The summed E-state index contributed by atoms with van der Waals surface area (Å²) < 4.78 is 5.43. The average molecular weight is 458 g/mol. The normalized spacial score (nSPS) is 14.8. The number of ether oxygens (including phenoxy) is 1. The van der Waals surface area contributed by atoms with Crippen LogP contribution < -0.4 is 10.2 Å². The second kappa shape index (κ2) is 9.95. The van der Waals surface area contributed by atoms with Crippen LogP contribution in [0.25, 0.3) is 33.1 Å². The minimum absolute atomic E-state index is 0.121. The average Bonchev–Trinajstić information content (AvgIpc) is 3.25. The van der Waals surface area contributed by atoms with E-state index in [1.807, 2.05) is 18.2 Å². The molecule has 6 nitrogen and oxygen atoms in total. The van der Waals surface area contributed by atoms with Crippen LogP contribution in [-0.4, -0.2) is 55.3 Å². The summed E-state index contributed by atoms with van der Waals surface area (Å²) >= 11 is 0. The fourth-order valence-electron chi connectivity index (χ4n) is 4.74. The molecule has 5 rings (SSSR count). The van der Waals surface area contributed by atoms with E-state index in [-0.39, 0.29) is 5.91 Å². The molecular weight excluding hydrogens is 424 g/mol. The molecule has 0 saturated carbocycles. The van der Waals surface area contributed by atoms with E-state index >= 15 is 0 Å². The first-order valence-corrected chi connectivity index (χ1v) is 12.3. The number of H-pyrrole nitrogens is 1. The molecular formula is C28H33N4O2+. The molecule has 176 valence electrons. The molecule has 4 aromatic rings. The number of morpholine rings is 1. The Morgan fingerprint density at radius 1 is 1.09 bits per heavy atom. The van der Waals surface area contributed by atoms with Gasteiger partial charge >= 0.3 is 0 Å². The Hall–Kier alpha value is -3.22. The van der Waals surface area contributed by atoms with Gasteiger partial charge in [0.05, 0.1) is 31.0 Å². The number of nitrogens with zero attached hydrogens (tertiary/aromatic N) is 1. The SMILES string of the molecule is CC(C)c1ccc(-c2nc(C(=O)NCCC[NH+]3CCOCC3)cc3c2[nH]c2ccccc23)cc1. The first-order chi connectivity index (χ1) is 16.6. The van der Waals surface area contributed by atoms with Crippen molar-refractivity contribution in [2.45, 2.75) is 26.2 Å². The number of para-hydroxylation sites is 1. The van der Waals surface area contributed by atoms with Crippen LogP contribution in [0, 0.1) is 0 Å². The minimum atomic E-state index is -0.121. The summed E-state index contributed by atoms with van der Waals surface area (Å²) in [6.07, 6.45) is 0.944. The Bertz CT molecular complexity index is 1290. The van der Waals surface area contributed by atoms with Gasteiger partial charge in [0.1, 0.15) is 18.8 Å². The molecule has 1 saturated heterocycles. The van der Waals surface area contributed by atoms with Crippen LogP contribution in [-0.2, 0) is 4.74 Å². The number of fused-ring (bicyclic) bond motifs is 3. The van der Waals surface area contributed by atoms with Crippen molar-refractivity contribution in [3.05, 3.63) is 65.9 Å².